The first-order valence-corrected chi connectivity index (χ1v) is 15.1. The van der Waals surface area contributed by atoms with Crippen molar-refractivity contribution in [3.05, 3.63) is 35.9 Å². The molecule has 0 aromatic heterocycles. The number of hydrogen-bond acceptors (Lipinski definition) is 5. The van der Waals surface area contributed by atoms with Crippen molar-refractivity contribution in [2.75, 3.05) is 45.2 Å². The number of carbonyl (C=O) groups excluding carboxylic acids is 1. The molecule has 8 heteroatoms. The number of β-amino-alcohol motifs (C(OH)–C–C–N with tert-alkyl or cyclic N) is 1. The van der Waals surface area contributed by atoms with Gasteiger partial charge in [-0.15, -0.1) is 0 Å². The van der Waals surface area contributed by atoms with Crippen LogP contribution in [0.5, 0.6) is 0 Å². The third kappa shape index (κ3) is 4.62. The highest BCUT2D eigenvalue weighted by molar-refractivity contribution is 7.91. The van der Waals surface area contributed by atoms with Gasteiger partial charge in [0.05, 0.1) is 29.2 Å². The second kappa shape index (κ2) is 9.03. The molecule has 1 spiro atoms. The van der Waals surface area contributed by atoms with E-state index >= 15 is 0 Å². The second-order valence-corrected chi connectivity index (χ2v) is 14.2. The Balaban J connectivity index is 1.37. The average molecular weight is 504 g/mol. The number of hydrogen-bond donors (Lipinski definition) is 1. The molecule has 1 aromatic rings. The first-order valence-electron chi connectivity index (χ1n) is 13.3. The number of benzene rings is 1. The zero-order chi connectivity index (χ0) is 24.9. The van der Waals surface area contributed by atoms with Crippen molar-refractivity contribution in [2.24, 2.45) is 5.92 Å². The van der Waals surface area contributed by atoms with Crippen molar-refractivity contribution >= 4 is 15.9 Å². The summed E-state index contributed by atoms with van der Waals surface area (Å²) in [5.74, 6) is 0.702. The number of amides is 2. The first kappa shape index (κ1) is 25.0. The summed E-state index contributed by atoms with van der Waals surface area (Å²) in [6, 6.07) is 10.7. The maximum atomic E-state index is 13.8. The zero-order valence-corrected chi connectivity index (χ0v) is 22.1. The molecule has 194 valence electrons. The Morgan fingerprint density at radius 2 is 1.63 bits per heavy atom. The Morgan fingerprint density at radius 3 is 2.17 bits per heavy atom. The second-order valence-electron chi connectivity index (χ2n) is 11.9. The molecule has 0 bridgehead atoms. The number of sulfone groups is 1. The molecular weight excluding hydrogens is 462 g/mol. The van der Waals surface area contributed by atoms with Crippen LogP contribution in [-0.2, 0) is 15.4 Å². The smallest absolute Gasteiger partial charge is 0.320 e. The van der Waals surface area contributed by atoms with Crippen molar-refractivity contribution < 1.29 is 18.3 Å². The third-order valence-corrected chi connectivity index (χ3v) is 11.3. The van der Waals surface area contributed by atoms with E-state index in [2.05, 4.69) is 49.3 Å². The Bertz CT molecular complexity index is 1020. The molecule has 2 saturated carbocycles. The van der Waals surface area contributed by atoms with Crippen LogP contribution in [0.1, 0.15) is 63.4 Å². The minimum Gasteiger partial charge on any atom is -0.388 e. The molecule has 2 amide bonds. The fraction of sp³-hybridized carbons (Fsp3) is 0.741. The SMILES string of the molecule is CN(C)[C@]1(c2ccccc2)CC[C@]2(CC1)CN(CC1CCS(=O)(=O)CC1)C(=O)N2CC1(O)CCC1. The summed E-state index contributed by atoms with van der Waals surface area (Å²) < 4.78 is 23.8. The summed E-state index contributed by atoms with van der Waals surface area (Å²) in [5.41, 5.74) is 0.248. The van der Waals surface area contributed by atoms with Gasteiger partial charge < -0.3 is 14.9 Å². The molecule has 7 nitrogen and oxygen atoms in total. The van der Waals surface area contributed by atoms with E-state index in [9.17, 15) is 18.3 Å². The van der Waals surface area contributed by atoms with Gasteiger partial charge in [0.1, 0.15) is 9.84 Å². The summed E-state index contributed by atoms with van der Waals surface area (Å²) in [6.07, 6.45) is 7.54. The van der Waals surface area contributed by atoms with Gasteiger partial charge in [-0.2, -0.15) is 0 Å². The Hall–Kier alpha value is -1.64. The highest BCUT2D eigenvalue weighted by Gasteiger charge is 2.56. The number of rotatable bonds is 6. The zero-order valence-electron chi connectivity index (χ0n) is 21.3. The average Bonchev–Trinajstić information content (AvgIpc) is 3.06. The largest absolute Gasteiger partial charge is 0.388 e. The van der Waals surface area contributed by atoms with Crippen LogP contribution in [0.2, 0.25) is 0 Å². The monoisotopic (exact) mass is 503 g/mol. The Kier molecular flexibility index (Phi) is 6.46. The third-order valence-electron chi connectivity index (χ3n) is 9.62. The van der Waals surface area contributed by atoms with Gasteiger partial charge >= 0.3 is 6.03 Å². The molecule has 35 heavy (non-hydrogen) atoms. The quantitative estimate of drug-likeness (QED) is 0.645. The molecular formula is C27H41N3O4S. The van der Waals surface area contributed by atoms with E-state index in [4.69, 9.17) is 0 Å². The molecule has 0 unspecified atom stereocenters. The lowest BCUT2D eigenvalue weighted by Gasteiger charge is -2.52. The Labute approximate surface area is 210 Å². The molecule has 2 aliphatic carbocycles. The van der Waals surface area contributed by atoms with Gasteiger partial charge in [0.15, 0.2) is 0 Å². The van der Waals surface area contributed by atoms with Crippen LogP contribution in [0.3, 0.4) is 0 Å². The van der Waals surface area contributed by atoms with Crippen LogP contribution in [-0.4, -0.2) is 90.6 Å². The molecule has 2 aliphatic heterocycles. The van der Waals surface area contributed by atoms with E-state index in [1.165, 1.54) is 5.56 Å². The molecule has 2 heterocycles. The lowest BCUT2D eigenvalue weighted by molar-refractivity contribution is -0.0725. The molecule has 5 rings (SSSR count). The van der Waals surface area contributed by atoms with E-state index in [1.807, 2.05) is 9.80 Å². The van der Waals surface area contributed by atoms with Gasteiger partial charge in [0.25, 0.3) is 0 Å². The van der Waals surface area contributed by atoms with Crippen molar-refractivity contribution in [3.63, 3.8) is 0 Å². The van der Waals surface area contributed by atoms with E-state index in [0.717, 1.165) is 44.9 Å². The predicted molar refractivity (Wildman–Crippen MR) is 137 cm³/mol. The van der Waals surface area contributed by atoms with Crippen molar-refractivity contribution in [1.29, 1.82) is 0 Å². The van der Waals surface area contributed by atoms with Crippen LogP contribution < -0.4 is 0 Å². The highest BCUT2D eigenvalue weighted by Crippen LogP contribution is 2.50. The van der Waals surface area contributed by atoms with Crippen molar-refractivity contribution in [3.8, 4) is 0 Å². The molecule has 1 N–H and O–H groups in total. The number of aliphatic hydroxyl groups is 1. The minimum absolute atomic E-state index is 0.0378. The summed E-state index contributed by atoms with van der Waals surface area (Å²) >= 11 is 0. The fourth-order valence-electron chi connectivity index (χ4n) is 7.03. The van der Waals surface area contributed by atoms with Gasteiger partial charge in [-0.25, -0.2) is 13.2 Å². The molecule has 1 aromatic carbocycles. The molecule has 4 aliphatic rings. The van der Waals surface area contributed by atoms with E-state index < -0.39 is 15.4 Å². The van der Waals surface area contributed by atoms with E-state index in [1.54, 1.807) is 0 Å². The lowest BCUT2D eigenvalue weighted by atomic mass is 9.67. The van der Waals surface area contributed by atoms with Gasteiger partial charge in [-0.1, -0.05) is 30.3 Å². The van der Waals surface area contributed by atoms with Gasteiger partial charge in [0.2, 0.25) is 0 Å². The van der Waals surface area contributed by atoms with E-state index in [-0.39, 0.29) is 34.5 Å². The molecule has 0 atom stereocenters. The van der Waals surface area contributed by atoms with Crippen molar-refractivity contribution in [2.45, 2.75) is 74.5 Å². The number of nitrogens with zero attached hydrogens (tertiary/aromatic N) is 3. The number of carbonyl (C=O) groups is 1. The predicted octanol–water partition coefficient (Wildman–Crippen LogP) is 3.23. The van der Waals surface area contributed by atoms with Crippen LogP contribution >= 0.6 is 0 Å². The van der Waals surface area contributed by atoms with Crippen LogP contribution in [0, 0.1) is 5.92 Å². The Morgan fingerprint density at radius 1 is 1.00 bits per heavy atom. The highest BCUT2D eigenvalue weighted by atomic mass is 32.2. The van der Waals surface area contributed by atoms with Crippen LogP contribution in [0.4, 0.5) is 4.79 Å². The minimum atomic E-state index is -2.92. The normalized spacial score (nSPS) is 30.1. The fourth-order valence-corrected chi connectivity index (χ4v) is 8.62. The topological polar surface area (TPSA) is 81.2 Å². The van der Waals surface area contributed by atoms with Crippen LogP contribution in [0.25, 0.3) is 0 Å². The first-order chi connectivity index (χ1) is 16.6. The summed E-state index contributed by atoms with van der Waals surface area (Å²) in [6.45, 7) is 1.73. The van der Waals surface area contributed by atoms with E-state index in [0.29, 0.717) is 32.5 Å². The van der Waals surface area contributed by atoms with Gasteiger partial charge in [-0.3, -0.25) is 4.90 Å². The lowest BCUT2D eigenvalue weighted by Crippen LogP contribution is -2.59. The molecule has 0 radical (unpaired) electrons. The summed E-state index contributed by atoms with van der Waals surface area (Å²) in [4.78, 5) is 20.1. The van der Waals surface area contributed by atoms with Crippen molar-refractivity contribution in [1.82, 2.24) is 14.7 Å². The molecule has 2 saturated heterocycles. The summed E-state index contributed by atoms with van der Waals surface area (Å²) in [7, 11) is 1.39. The molecule has 4 fully saturated rings. The van der Waals surface area contributed by atoms with Crippen LogP contribution in [0.15, 0.2) is 30.3 Å². The maximum Gasteiger partial charge on any atom is 0.320 e. The maximum absolute atomic E-state index is 13.8. The van der Waals surface area contributed by atoms with Gasteiger partial charge in [-0.05, 0) is 83.4 Å². The number of urea groups is 1. The van der Waals surface area contributed by atoms with Gasteiger partial charge in [0, 0.05) is 18.6 Å². The standard InChI is InChI=1S/C27H41N3O4S/c1-28(2)27(23-7-4-3-5-8-23)15-13-25(14-16-27)20-29(19-22-9-17-35(33,34)18-10-22)24(31)30(25)21-26(32)11-6-12-26/h3-5,7-8,22,32H,6,9-21H2,1-2H3/t25-,27+. The summed E-state index contributed by atoms with van der Waals surface area (Å²) in [5, 5.41) is 11.0.